The second kappa shape index (κ2) is 7.98. The molecule has 1 amide bonds. The summed E-state index contributed by atoms with van der Waals surface area (Å²) >= 11 is 0. The molecule has 144 valence electrons. The number of carbonyl (C=O) groups is 1. The molecular weight excluding hydrogens is 366 g/mol. The van der Waals surface area contributed by atoms with E-state index in [9.17, 15) is 9.59 Å². The number of carbonyl (C=O) groups excluding carboxylic acids is 1. The standard InChI is InChI=1S/C23H19N3O3/c1-26-20-13-7-6-12-18(20)25-19(23(26)28)15-29-21-14-8-5-11-17(21)22(27)24-16-9-3-2-4-10-16/h2-14H,15H2,1H3,(H,24,27). The molecule has 0 fully saturated rings. The van der Waals surface area contributed by atoms with Crippen LogP contribution < -0.4 is 15.6 Å². The quantitative estimate of drug-likeness (QED) is 0.568. The van der Waals surface area contributed by atoms with Crippen LogP contribution in [0.3, 0.4) is 0 Å². The summed E-state index contributed by atoms with van der Waals surface area (Å²) in [6.07, 6.45) is 0. The lowest BCUT2D eigenvalue weighted by Gasteiger charge is -2.12. The van der Waals surface area contributed by atoms with Crippen molar-refractivity contribution in [2.24, 2.45) is 7.05 Å². The number of hydrogen-bond donors (Lipinski definition) is 1. The molecule has 29 heavy (non-hydrogen) atoms. The molecule has 4 rings (SSSR count). The highest BCUT2D eigenvalue weighted by molar-refractivity contribution is 6.06. The number of anilines is 1. The third kappa shape index (κ3) is 3.87. The minimum atomic E-state index is -0.286. The molecule has 0 aliphatic carbocycles. The smallest absolute Gasteiger partial charge is 0.276 e. The van der Waals surface area contributed by atoms with E-state index in [0.29, 0.717) is 22.5 Å². The van der Waals surface area contributed by atoms with Gasteiger partial charge in [0, 0.05) is 12.7 Å². The van der Waals surface area contributed by atoms with Gasteiger partial charge < -0.3 is 14.6 Å². The van der Waals surface area contributed by atoms with Crippen LogP contribution in [0, 0.1) is 0 Å². The number of para-hydroxylation sites is 4. The van der Waals surface area contributed by atoms with E-state index < -0.39 is 0 Å². The number of nitrogens with one attached hydrogen (secondary N) is 1. The molecule has 0 aliphatic rings. The minimum Gasteiger partial charge on any atom is -0.486 e. The summed E-state index contributed by atoms with van der Waals surface area (Å²) in [5.41, 5.74) is 2.60. The van der Waals surface area contributed by atoms with E-state index in [0.717, 1.165) is 5.52 Å². The second-order valence-electron chi connectivity index (χ2n) is 6.52. The van der Waals surface area contributed by atoms with Gasteiger partial charge in [0.1, 0.15) is 18.1 Å². The number of ether oxygens (including phenoxy) is 1. The van der Waals surface area contributed by atoms with E-state index >= 15 is 0 Å². The van der Waals surface area contributed by atoms with Gasteiger partial charge in [0.2, 0.25) is 0 Å². The number of fused-ring (bicyclic) bond motifs is 1. The number of nitrogens with zero attached hydrogens (tertiary/aromatic N) is 2. The van der Waals surface area contributed by atoms with Gasteiger partial charge in [-0.2, -0.15) is 0 Å². The first kappa shape index (κ1) is 18.4. The van der Waals surface area contributed by atoms with Gasteiger partial charge in [-0.05, 0) is 36.4 Å². The van der Waals surface area contributed by atoms with Crippen molar-refractivity contribution < 1.29 is 9.53 Å². The maximum absolute atomic E-state index is 12.7. The Bertz CT molecular complexity index is 1230. The molecule has 0 saturated heterocycles. The van der Waals surface area contributed by atoms with Crippen molar-refractivity contribution >= 4 is 22.6 Å². The zero-order chi connectivity index (χ0) is 20.2. The Morgan fingerprint density at radius 1 is 0.966 bits per heavy atom. The fourth-order valence-corrected chi connectivity index (χ4v) is 3.08. The molecule has 0 bridgehead atoms. The number of rotatable bonds is 5. The van der Waals surface area contributed by atoms with E-state index in [1.165, 1.54) is 0 Å². The normalized spacial score (nSPS) is 10.7. The molecule has 1 aromatic heterocycles. The third-order valence-corrected chi connectivity index (χ3v) is 4.58. The van der Waals surface area contributed by atoms with Gasteiger partial charge >= 0.3 is 0 Å². The first-order valence-electron chi connectivity index (χ1n) is 9.16. The number of amides is 1. The first-order valence-corrected chi connectivity index (χ1v) is 9.16. The molecule has 6 nitrogen and oxygen atoms in total. The van der Waals surface area contributed by atoms with Crippen LogP contribution in [-0.2, 0) is 13.7 Å². The maximum atomic E-state index is 12.7. The number of benzene rings is 3. The van der Waals surface area contributed by atoms with E-state index in [4.69, 9.17) is 4.74 Å². The summed E-state index contributed by atoms with van der Waals surface area (Å²) < 4.78 is 7.38. The maximum Gasteiger partial charge on any atom is 0.276 e. The van der Waals surface area contributed by atoms with Crippen LogP contribution >= 0.6 is 0 Å². The fraction of sp³-hybridized carbons (Fsp3) is 0.0870. The van der Waals surface area contributed by atoms with Gasteiger partial charge in [-0.3, -0.25) is 9.59 Å². The Balaban J connectivity index is 1.58. The fourth-order valence-electron chi connectivity index (χ4n) is 3.08. The highest BCUT2D eigenvalue weighted by atomic mass is 16.5. The van der Waals surface area contributed by atoms with Crippen molar-refractivity contribution in [2.45, 2.75) is 6.61 Å². The number of aryl methyl sites for hydroxylation is 1. The molecule has 4 aromatic rings. The van der Waals surface area contributed by atoms with Crippen LogP contribution in [0.5, 0.6) is 5.75 Å². The molecule has 0 atom stereocenters. The molecule has 0 saturated carbocycles. The first-order chi connectivity index (χ1) is 14.1. The monoisotopic (exact) mass is 385 g/mol. The van der Waals surface area contributed by atoms with Crippen molar-refractivity contribution in [1.82, 2.24) is 9.55 Å². The lowest BCUT2D eigenvalue weighted by Crippen LogP contribution is -2.24. The SMILES string of the molecule is Cn1c(=O)c(COc2ccccc2C(=O)Nc2ccccc2)nc2ccccc21. The Morgan fingerprint density at radius 3 is 2.48 bits per heavy atom. The summed E-state index contributed by atoms with van der Waals surface area (Å²) in [5.74, 6) is 0.101. The van der Waals surface area contributed by atoms with Crippen LogP contribution in [0.1, 0.15) is 16.1 Å². The Kier molecular flexibility index (Phi) is 5.07. The van der Waals surface area contributed by atoms with Crippen molar-refractivity contribution in [1.29, 1.82) is 0 Å². The minimum absolute atomic E-state index is 0.0346. The Morgan fingerprint density at radius 2 is 1.66 bits per heavy atom. The largest absolute Gasteiger partial charge is 0.486 e. The number of aromatic nitrogens is 2. The number of hydrogen-bond acceptors (Lipinski definition) is 4. The third-order valence-electron chi connectivity index (χ3n) is 4.58. The summed E-state index contributed by atoms with van der Waals surface area (Å²) in [4.78, 5) is 29.7. The predicted molar refractivity (Wildman–Crippen MR) is 112 cm³/mol. The molecule has 1 N–H and O–H groups in total. The van der Waals surface area contributed by atoms with Gasteiger partial charge in [-0.15, -0.1) is 0 Å². The van der Waals surface area contributed by atoms with E-state index in [2.05, 4.69) is 10.3 Å². The van der Waals surface area contributed by atoms with Crippen LogP contribution in [0.15, 0.2) is 83.7 Å². The summed E-state index contributed by atoms with van der Waals surface area (Å²) in [6, 6.07) is 23.5. The van der Waals surface area contributed by atoms with E-state index in [-0.39, 0.29) is 23.8 Å². The lowest BCUT2D eigenvalue weighted by atomic mass is 10.2. The van der Waals surface area contributed by atoms with Crippen molar-refractivity contribution in [2.75, 3.05) is 5.32 Å². The van der Waals surface area contributed by atoms with Crippen LogP contribution in [-0.4, -0.2) is 15.5 Å². The summed E-state index contributed by atoms with van der Waals surface area (Å²) in [7, 11) is 1.71. The zero-order valence-corrected chi connectivity index (χ0v) is 15.8. The van der Waals surface area contributed by atoms with E-state index in [1.54, 1.807) is 35.9 Å². The van der Waals surface area contributed by atoms with E-state index in [1.807, 2.05) is 54.6 Å². The van der Waals surface area contributed by atoms with Gasteiger partial charge in [-0.25, -0.2) is 4.98 Å². The Labute approximate surface area is 167 Å². The average Bonchev–Trinajstić information content (AvgIpc) is 2.76. The van der Waals surface area contributed by atoms with Crippen LogP contribution in [0.25, 0.3) is 11.0 Å². The van der Waals surface area contributed by atoms with Gasteiger partial charge in [0.25, 0.3) is 11.5 Å². The molecule has 1 heterocycles. The van der Waals surface area contributed by atoms with Crippen molar-refractivity contribution in [3.8, 4) is 5.75 Å². The zero-order valence-electron chi connectivity index (χ0n) is 15.8. The Hall–Kier alpha value is -3.93. The lowest BCUT2D eigenvalue weighted by molar-refractivity contribution is 0.102. The molecule has 0 spiro atoms. The highest BCUT2D eigenvalue weighted by Gasteiger charge is 2.14. The highest BCUT2D eigenvalue weighted by Crippen LogP contribution is 2.21. The molecule has 3 aromatic carbocycles. The summed E-state index contributed by atoms with van der Waals surface area (Å²) in [6.45, 7) is -0.0346. The topological polar surface area (TPSA) is 73.2 Å². The van der Waals surface area contributed by atoms with Crippen molar-refractivity contribution in [3.63, 3.8) is 0 Å². The molecule has 0 unspecified atom stereocenters. The predicted octanol–water partition coefficient (Wildman–Crippen LogP) is 3.76. The molecule has 0 aliphatic heterocycles. The van der Waals surface area contributed by atoms with Gasteiger partial charge in [0.05, 0.1) is 16.6 Å². The van der Waals surface area contributed by atoms with Gasteiger partial charge in [-0.1, -0.05) is 42.5 Å². The average molecular weight is 385 g/mol. The molecule has 6 heteroatoms. The molecular formula is C23H19N3O3. The van der Waals surface area contributed by atoms with Gasteiger partial charge in [0.15, 0.2) is 0 Å². The summed E-state index contributed by atoms with van der Waals surface area (Å²) in [5, 5.41) is 2.84. The van der Waals surface area contributed by atoms with Crippen molar-refractivity contribution in [3.05, 3.63) is 100 Å². The molecule has 0 radical (unpaired) electrons. The van der Waals surface area contributed by atoms with Crippen LogP contribution in [0.4, 0.5) is 5.69 Å². The second-order valence-corrected chi connectivity index (χ2v) is 6.52. The van der Waals surface area contributed by atoms with Crippen LogP contribution in [0.2, 0.25) is 0 Å².